The number of nitrogens with zero attached hydrogens (tertiary/aromatic N) is 1. The Kier molecular flexibility index (Phi) is 9.06. The van der Waals surface area contributed by atoms with Crippen molar-refractivity contribution in [2.24, 2.45) is 0 Å². The number of hydrogen-bond acceptors (Lipinski definition) is 4. The second-order valence-corrected chi connectivity index (χ2v) is 8.96. The van der Waals surface area contributed by atoms with Crippen molar-refractivity contribution in [2.75, 3.05) is 11.9 Å². The minimum Gasteiger partial charge on any atom is -0.490 e. The molecule has 0 radical (unpaired) electrons. The summed E-state index contributed by atoms with van der Waals surface area (Å²) in [6.45, 7) is 6.25. The third kappa shape index (κ3) is 6.93. The maximum atomic E-state index is 12.7. The van der Waals surface area contributed by atoms with Crippen LogP contribution < -0.4 is 14.8 Å². The predicted molar refractivity (Wildman–Crippen MR) is 142 cm³/mol. The summed E-state index contributed by atoms with van der Waals surface area (Å²) in [5.74, 6) is 0.210. The maximum Gasteiger partial charge on any atom is 0.266 e. The van der Waals surface area contributed by atoms with Crippen LogP contribution in [0, 0.1) is 25.2 Å². The third-order valence-electron chi connectivity index (χ3n) is 5.01. The minimum absolute atomic E-state index is 0.0760. The number of halogens is 3. The number of hydrogen-bond donors (Lipinski definition) is 1. The first-order valence-electron chi connectivity index (χ1n) is 10.7. The topological polar surface area (TPSA) is 71.3 Å². The highest BCUT2D eigenvalue weighted by atomic mass is 35.5. The molecule has 3 aromatic carbocycles. The summed E-state index contributed by atoms with van der Waals surface area (Å²) < 4.78 is 11.6. The Morgan fingerprint density at radius 2 is 1.77 bits per heavy atom. The summed E-state index contributed by atoms with van der Waals surface area (Å²) in [6.07, 6.45) is 1.45. The van der Waals surface area contributed by atoms with Gasteiger partial charge < -0.3 is 14.8 Å². The van der Waals surface area contributed by atoms with Crippen LogP contribution in [0.4, 0.5) is 5.69 Å². The number of nitriles is 1. The lowest BCUT2D eigenvalue weighted by atomic mass is 10.1. The van der Waals surface area contributed by atoms with E-state index >= 15 is 0 Å². The Labute approximate surface area is 219 Å². The van der Waals surface area contributed by atoms with Gasteiger partial charge in [-0.2, -0.15) is 5.26 Å². The SMILES string of the molecule is CCOc1cc(/C=C(\C#N)C(=O)Nc2ccc(C)cc2C)cc(Cl)c1OCc1ccc(Cl)c(Cl)c1. The predicted octanol–water partition coefficient (Wildman–Crippen LogP) is 7.79. The molecule has 0 saturated carbocycles. The van der Waals surface area contributed by atoms with Crippen molar-refractivity contribution in [2.45, 2.75) is 27.4 Å². The molecule has 0 aliphatic carbocycles. The summed E-state index contributed by atoms with van der Waals surface area (Å²) in [4.78, 5) is 12.7. The highest BCUT2D eigenvalue weighted by molar-refractivity contribution is 6.42. The van der Waals surface area contributed by atoms with Gasteiger partial charge in [-0.3, -0.25) is 4.79 Å². The van der Waals surface area contributed by atoms with Crippen molar-refractivity contribution in [1.29, 1.82) is 5.26 Å². The molecule has 3 aromatic rings. The molecule has 0 fully saturated rings. The fourth-order valence-corrected chi connectivity index (χ4v) is 3.91. The second kappa shape index (κ2) is 12.0. The second-order valence-electron chi connectivity index (χ2n) is 7.74. The molecule has 0 aliphatic heterocycles. The van der Waals surface area contributed by atoms with Gasteiger partial charge in [-0.05, 0) is 73.9 Å². The normalized spacial score (nSPS) is 11.1. The van der Waals surface area contributed by atoms with Crippen LogP contribution in [-0.2, 0) is 11.4 Å². The molecule has 0 atom stereocenters. The molecule has 0 bridgehead atoms. The first-order chi connectivity index (χ1) is 16.7. The van der Waals surface area contributed by atoms with E-state index in [4.69, 9.17) is 44.3 Å². The van der Waals surface area contributed by atoms with Crippen LogP contribution in [0.15, 0.2) is 54.1 Å². The summed E-state index contributed by atoms with van der Waals surface area (Å²) in [5.41, 5.74) is 3.87. The van der Waals surface area contributed by atoms with E-state index in [9.17, 15) is 10.1 Å². The number of aryl methyl sites for hydroxylation is 2. The number of amides is 1. The molecule has 0 aromatic heterocycles. The molecule has 1 N–H and O–H groups in total. The van der Waals surface area contributed by atoms with Gasteiger partial charge in [-0.15, -0.1) is 0 Å². The average Bonchev–Trinajstić information content (AvgIpc) is 2.81. The molecular formula is C27H23Cl3N2O3. The van der Waals surface area contributed by atoms with Crippen molar-refractivity contribution >= 4 is 52.5 Å². The fraction of sp³-hybridized carbons (Fsp3) is 0.185. The highest BCUT2D eigenvalue weighted by Gasteiger charge is 2.16. The van der Waals surface area contributed by atoms with Gasteiger partial charge in [0, 0.05) is 5.69 Å². The zero-order chi connectivity index (χ0) is 25.5. The van der Waals surface area contributed by atoms with E-state index in [0.29, 0.717) is 39.4 Å². The van der Waals surface area contributed by atoms with E-state index in [1.807, 2.05) is 45.0 Å². The molecule has 1 amide bonds. The molecule has 0 aliphatic rings. The van der Waals surface area contributed by atoms with Crippen molar-refractivity contribution in [3.63, 3.8) is 0 Å². The molecule has 35 heavy (non-hydrogen) atoms. The number of rotatable bonds is 8. The van der Waals surface area contributed by atoms with Crippen molar-refractivity contribution < 1.29 is 14.3 Å². The Morgan fingerprint density at radius 3 is 2.43 bits per heavy atom. The molecular weight excluding hydrogens is 507 g/mol. The lowest BCUT2D eigenvalue weighted by molar-refractivity contribution is -0.112. The first kappa shape index (κ1) is 26.4. The van der Waals surface area contributed by atoms with Gasteiger partial charge in [0.15, 0.2) is 11.5 Å². The molecule has 5 nitrogen and oxygen atoms in total. The highest BCUT2D eigenvalue weighted by Crippen LogP contribution is 2.38. The quantitative estimate of drug-likeness (QED) is 0.239. The van der Waals surface area contributed by atoms with E-state index in [0.717, 1.165) is 16.7 Å². The number of benzene rings is 3. The van der Waals surface area contributed by atoms with Gasteiger partial charge in [0.2, 0.25) is 0 Å². The van der Waals surface area contributed by atoms with Crippen molar-refractivity contribution in [1.82, 2.24) is 0 Å². The van der Waals surface area contributed by atoms with Crippen LogP contribution in [0.1, 0.15) is 29.2 Å². The molecule has 0 heterocycles. The van der Waals surface area contributed by atoms with Gasteiger partial charge in [-0.1, -0.05) is 58.6 Å². The zero-order valence-corrected chi connectivity index (χ0v) is 21.7. The maximum absolute atomic E-state index is 12.7. The molecule has 3 rings (SSSR count). The number of carbonyl (C=O) groups excluding carboxylic acids is 1. The van der Waals surface area contributed by atoms with E-state index in [1.165, 1.54) is 6.08 Å². The average molecular weight is 530 g/mol. The smallest absolute Gasteiger partial charge is 0.266 e. The van der Waals surface area contributed by atoms with E-state index in [2.05, 4.69) is 5.32 Å². The van der Waals surface area contributed by atoms with Crippen LogP contribution in [0.3, 0.4) is 0 Å². The molecule has 0 saturated heterocycles. The monoisotopic (exact) mass is 528 g/mol. The Bertz CT molecular complexity index is 1330. The van der Waals surface area contributed by atoms with Crippen LogP contribution in [0.5, 0.6) is 11.5 Å². The lowest BCUT2D eigenvalue weighted by Crippen LogP contribution is -2.14. The lowest BCUT2D eigenvalue weighted by Gasteiger charge is -2.15. The minimum atomic E-state index is -0.520. The number of anilines is 1. The summed E-state index contributed by atoms with van der Waals surface area (Å²) in [5, 5.41) is 13.5. The van der Waals surface area contributed by atoms with Gasteiger partial charge in [0.1, 0.15) is 18.2 Å². The largest absolute Gasteiger partial charge is 0.490 e. The molecule has 0 unspecified atom stereocenters. The van der Waals surface area contributed by atoms with Crippen molar-refractivity contribution in [3.05, 3.63) is 91.4 Å². The van der Waals surface area contributed by atoms with Gasteiger partial charge in [-0.25, -0.2) is 0 Å². The summed E-state index contributed by atoms with van der Waals surface area (Å²) in [7, 11) is 0. The number of ether oxygens (including phenoxy) is 2. The van der Waals surface area contributed by atoms with Crippen LogP contribution in [0.25, 0.3) is 6.08 Å². The first-order valence-corrected chi connectivity index (χ1v) is 11.9. The van der Waals surface area contributed by atoms with Crippen molar-refractivity contribution in [3.8, 4) is 17.6 Å². The van der Waals surface area contributed by atoms with Crippen LogP contribution >= 0.6 is 34.8 Å². The standard InChI is InChI=1S/C27H23Cl3N2O3/c1-4-34-25-13-19(10-20(14-31)27(33)32-24-8-5-16(2)9-17(24)3)12-23(30)26(25)35-15-18-6-7-21(28)22(29)11-18/h5-13H,4,15H2,1-3H3,(H,32,33)/b20-10+. The van der Waals surface area contributed by atoms with E-state index in [-0.39, 0.29) is 17.2 Å². The molecule has 0 spiro atoms. The number of nitrogens with one attached hydrogen (secondary N) is 1. The van der Waals surface area contributed by atoms with Crippen LogP contribution in [-0.4, -0.2) is 12.5 Å². The Morgan fingerprint density at radius 1 is 1.00 bits per heavy atom. The van der Waals surface area contributed by atoms with Gasteiger partial charge >= 0.3 is 0 Å². The van der Waals surface area contributed by atoms with Crippen LogP contribution in [0.2, 0.25) is 15.1 Å². The Hall–Kier alpha value is -3.17. The number of carbonyl (C=O) groups is 1. The van der Waals surface area contributed by atoms with E-state index < -0.39 is 5.91 Å². The van der Waals surface area contributed by atoms with Gasteiger partial charge in [0.05, 0.1) is 21.7 Å². The van der Waals surface area contributed by atoms with Gasteiger partial charge in [0.25, 0.3) is 5.91 Å². The van der Waals surface area contributed by atoms with E-state index in [1.54, 1.807) is 30.3 Å². The summed E-state index contributed by atoms with van der Waals surface area (Å²) >= 11 is 18.5. The third-order valence-corrected chi connectivity index (χ3v) is 6.02. The fourth-order valence-electron chi connectivity index (χ4n) is 3.32. The zero-order valence-electron chi connectivity index (χ0n) is 19.4. The Balaban J connectivity index is 1.85. The summed E-state index contributed by atoms with van der Waals surface area (Å²) in [6, 6.07) is 16.1. The molecule has 180 valence electrons. The molecule has 8 heteroatoms.